The number of ether oxygens (including phenoxy) is 1. The van der Waals surface area contributed by atoms with Crippen molar-refractivity contribution in [3.8, 4) is 0 Å². The Labute approximate surface area is 51.3 Å². The normalized spacial score (nSPS) is 9.44. The van der Waals surface area contributed by atoms with Gasteiger partial charge in [-0.05, 0) is 5.21 Å². The number of hydrogen-bond acceptors (Lipinski definition) is 5. The predicted octanol–water partition coefficient (Wildman–Crippen LogP) is -1.49. The largest absolute Gasteiger partial charge is 0.351 e. The lowest BCUT2D eigenvalue weighted by Crippen LogP contribution is -2.16. The molecule has 1 aromatic rings. The highest BCUT2D eigenvalue weighted by Crippen LogP contribution is 1.66. The average molecular weight is 129 g/mol. The van der Waals surface area contributed by atoms with Crippen molar-refractivity contribution in [2.45, 2.75) is 0 Å². The van der Waals surface area contributed by atoms with E-state index in [0.717, 1.165) is 4.96 Å². The number of aromatic nitrogens is 4. The van der Waals surface area contributed by atoms with E-state index in [9.17, 15) is 0 Å². The molecule has 0 saturated heterocycles. The summed E-state index contributed by atoms with van der Waals surface area (Å²) in [6.07, 6.45) is 2.21. The first-order valence-electron chi connectivity index (χ1n) is 2.22. The van der Waals surface area contributed by atoms with Gasteiger partial charge >= 0.3 is 0 Å². The van der Waals surface area contributed by atoms with Crippen LogP contribution in [-0.2, 0) is 4.74 Å². The Morgan fingerprint density at radius 1 is 1.67 bits per heavy atom. The predicted molar refractivity (Wildman–Crippen MR) is 25.1 cm³/mol. The van der Waals surface area contributed by atoms with Gasteiger partial charge in [0.05, 0.1) is 0 Å². The Morgan fingerprint density at radius 2 is 2.56 bits per heavy atom. The molecule has 6 heteroatoms. The van der Waals surface area contributed by atoms with Crippen molar-refractivity contribution in [1.82, 2.24) is 20.4 Å². The number of hydrogen-bond donors (Lipinski definition) is 0. The molecule has 0 unspecified atom stereocenters. The first-order chi connectivity index (χ1) is 4.43. The summed E-state index contributed by atoms with van der Waals surface area (Å²) in [6.45, 7) is 0.101. The lowest BCUT2D eigenvalue weighted by atomic mass is 11.4. The van der Waals surface area contributed by atoms with Crippen LogP contribution in [0.1, 0.15) is 0 Å². The molecule has 0 N–H and O–H groups in total. The summed E-state index contributed by atoms with van der Waals surface area (Å²) in [5.74, 6) is 0. The molecule has 1 rings (SSSR count). The van der Waals surface area contributed by atoms with Gasteiger partial charge in [-0.1, -0.05) is 5.10 Å². The van der Waals surface area contributed by atoms with Crippen molar-refractivity contribution in [2.75, 3.05) is 13.9 Å². The van der Waals surface area contributed by atoms with Crippen molar-refractivity contribution in [3.05, 3.63) is 6.33 Å². The van der Waals surface area contributed by atoms with E-state index in [1.165, 1.54) is 7.11 Å². The van der Waals surface area contributed by atoms with Crippen LogP contribution in [-0.4, -0.2) is 34.3 Å². The van der Waals surface area contributed by atoms with Crippen LogP contribution >= 0.6 is 0 Å². The first-order valence-corrected chi connectivity index (χ1v) is 2.22. The molecule has 0 aliphatic heterocycles. The molecular weight excluding hydrogens is 124 g/mol. The average Bonchev–Trinajstić information content (AvgIpc) is 2.34. The minimum absolute atomic E-state index is 0.101. The summed E-state index contributed by atoms with van der Waals surface area (Å²) >= 11 is 0. The molecule has 1 radical (unpaired) electrons. The molecule has 1 heterocycles. The molecule has 0 amide bonds. The van der Waals surface area contributed by atoms with Crippen LogP contribution in [0.25, 0.3) is 0 Å². The summed E-state index contributed by atoms with van der Waals surface area (Å²) in [5.41, 5.74) is 0. The molecule has 0 bridgehead atoms. The molecular formula is C3H5N4O2. The molecule has 0 fully saturated rings. The van der Waals surface area contributed by atoms with Crippen LogP contribution < -0.4 is 4.84 Å². The molecule has 0 spiro atoms. The monoisotopic (exact) mass is 129 g/mol. The maximum atomic E-state index is 4.67. The smallest absolute Gasteiger partial charge is 0.249 e. The molecule has 0 aliphatic carbocycles. The van der Waals surface area contributed by atoms with E-state index in [0.29, 0.717) is 0 Å². The summed E-state index contributed by atoms with van der Waals surface area (Å²) in [7, 11) is 1.50. The summed E-state index contributed by atoms with van der Waals surface area (Å²) in [4.78, 5) is 5.59. The van der Waals surface area contributed by atoms with Crippen LogP contribution in [0.2, 0.25) is 0 Å². The van der Waals surface area contributed by atoms with Crippen molar-refractivity contribution >= 4 is 0 Å². The van der Waals surface area contributed by atoms with E-state index in [1.54, 1.807) is 0 Å². The van der Waals surface area contributed by atoms with Gasteiger partial charge in [0.1, 0.15) is 0 Å². The molecule has 9 heavy (non-hydrogen) atoms. The third-order valence-corrected chi connectivity index (χ3v) is 0.582. The number of rotatable bonds is 3. The van der Waals surface area contributed by atoms with Crippen LogP contribution in [0.15, 0.2) is 0 Å². The van der Waals surface area contributed by atoms with Gasteiger partial charge in [-0.25, -0.2) is 0 Å². The second-order valence-corrected chi connectivity index (χ2v) is 1.18. The quantitative estimate of drug-likeness (QED) is 0.465. The Balaban J connectivity index is 2.30. The highest BCUT2D eigenvalue weighted by atomic mass is 16.8. The maximum absolute atomic E-state index is 4.67. The molecule has 6 nitrogen and oxygen atoms in total. The van der Waals surface area contributed by atoms with Crippen molar-refractivity contribution in [2.24, 2.45) is 0 Å². The molecule has 1 aromatic heterocycles. The van der Waals surface area contributed by atoms with Gasteiger partial charge in [0.2, 0.25) is 13.1 Å². The number of tetrazole rings is 1. The lowest BCUT2D eigenvalue weighted by Gasteiger charge is -1.96. The van der Waals surface area contributed by atoms with E-state index in [2.05, 4.69) is 31.3 Å². The first kappa shape index (κ1) is 5.96. The second-order valence-electron chi connectivity index (χ2n) is 1.18. The maximum Gasteiger partial charge on any atom is 0.249 e. The SMILES string of the molecule is COCOn1n[c]nn1. The molecule has 49 valence electrons. The van der Waals surface area contributed by atoms with Gasteiger partial charge in [-0.15, -0.1) is 5.10 Å². The Hall–Kier alpha value is -1.17. The van der Waals surface area contributed by atoms with E-state index >= 15 is 0 Å². The van der Waals surface area contributed by atoms with Crippen LogP contribution in [0, 0.1) is 6.33 Å². The van der Waals surface area contributed by atoms with Crippen LogP contribution in [0.3, 0.4) is 0 Å². The fraction of sp³-hybridized carbons (Fsp3) is 0.667. The highest BCUT2D eigenvalue weighted by Gasteiger charge is 1.88. The van der Waals surface area contributed by atoms with E-state index in [1.807, 2.05) is 0 Å². The van der Waals surface area contributed by atoms with Crippen molar-refractivity contribution < 1.29 is 9.57 Å². The topological polar surface area (TPSA) is 62.1 Å². The van der Waals surface area contributed by atoms with Gasteiger partial charge in [0, 0.05) is 12.1 Å². The van der Waals surface area contributed by atoms with Gasteiger partial charge in [0.25, 0.3) is 0 Å². The molecule has 0 aliphatic rings. The molecule has 0 atom stereocenters. The Kier molecular flexibility index (Phi) is 1.97. The Bertz CT molecular complexity index is 151. The minimum atomic E-state index is 0.101. The van der Waals surface area contributed by atoms with Crippen LogP contribution in [0.4, 0.5) is 0 Å². The minimum Gasteiger partial charge on any atom is -0.351 e. The second kappa shape index (κ2) is 2.98. The fourth-order valence-corrected chi connectivity index (χ4v) is 0.291. The molecule has 0 aromatic carbocycles. The number of nitrogens with zero attached hydrogens (tertiary/aromatic N) is 4. The van der Waals surface area contributed by atoms with E-state index in [4.69, 9.17) is 0 Å². The fourth-order valence-electron chi connectivity index (χ4n) is 0.291. The van der Waals surface area contributed by atoms with Crippen molar-refractivity contribution in [3.63, 3.8) is 0 Å². The lowest BCUT2D eigenvalue weighted by molar-refractivity contribution is -0.0678. The third kappa shape index (κ3) is 1.65. The Morgan fingerprint density at radius 3 is 3.11 bits per heavy atom. The van der Waals surface area contributed by atoms with Gasteiger partial charge in [0.15, 0.2) is 0 Å². The van der Waals surface area contributed by atoms with Crippen LogP contribution in [0.5, 0.6) is 0 Å². The van der Waals surface area contributed by atoms with Gasteiger partial charge < -0.3 is 9.57 Å². The number of methoxy groups -OCH3 is 1. The summed E-state index contributed by atoms with van der Waals surface area (Å²) < 4.78 is 4.55. The zero-order valence-electron chi connectivity index (χ0n) is 4.81. The van der Waals surface area contributed by atoms with Crippen molar-refractivity contribution in [1.29, 1.82) is 0 Å². The third-order valence-electron chi connectivity index (χ3n) is 0.582. The van der Waals surface area contributed by atoms with Gasteiger partial charge in [-0.3, -0.25) is 0 Å². The van der Waals surface area contributed by atoms with E-state index in [-0.39, 0.29) is 6.79 Å². The zero-order chi connectivity index (χ0) is 6.53. The van der Waals surface area contributed by atoms with E-state index < -0.39 is 0 Å². The molecule has 0 saturated carbocycles. The van der Waals surface area contributed by atoms with Gasteiger partial charge in [-0.2, -0.15) is 0 Å². The standard InChI is InChI=1S/C3H5N4O2/c1-8-3-9-7-5-2-4-6-7/h3H2,1H3. The zero-order valence-corrected chi connectivity index (χ0v) is 4.81. The highest BCUT2D eigenvalue weighted by molar-refractivity contribution is 4.24. The summed E-state index contributed by atoms with van der Waals surface area (Å²) in [6, 6.07) is 0. The summed E-state index contributed by atoms with van der Waals surface area (Å²) in [5, 5.41) is 10.0.